The van der Waals surface area contributed by atoms with E-state index in [0.29, 0.717) is 46.7 Å². The first-order valence-electron chi connectivity index (χ1n) is 15.0. The lowest BCUT2D eigenvalue weighted by Gasteiger charge is -2.29. The Kier molecular flexibility index (Phi) is 9.99. The lowest BCUT2D eigenvalue weighted by molar-refractivity contribution is -0.143. The number of phenolic OH excluding ortho intramolecular Hbond substituents is 1. The van der Waals surface area contributed by atoms with Gasteiger partial charge in [-0.15, -0.1) is 5.10 Å². The molecule has 46 heavy (non-hydrogen) atoms. The number of aryl methyl sites for hydroxylation is 2. The quantitative estimate of drug-likeness (QED) is 0.159. The van der Waals surface area contributed by atoms with Crippen LogP contribution < -0.4 is 13.7 Å². The molecule has 1 unspecified atom stereocenters. The molecule has 0 spiro atoms. The molecule has 1 aromatic heterocycles. The third kappa shape index (κ3) is 6.73. The van der Waals surface area contributed by atoms with E-state index in [9.17, 15) is 23.4 Å². The van der Waals surface area contributed by atoms with Gasteiger partial charge in [0.1, 0.15) is 17.0 Å². The van der Waals surface area contributed by atoms with E-state index in [1.807, 2.05) is 19.1 Å². The van der Waals surface area contributed by atoms with Crippen molar-refractivity contribution in [2.45, 2.75) is 58.7 Å². The SMILES string of the molecule is CCOC(=O)CC(c1cc(CN2Cc3cc(O)ccc3OS2(=O)=O)c(OC)c(OC)c1)c1ccc2c(nnn2CCCCO)c1C. The summed E-state index contributed by atoms with van der Waals surface area (Å²) >= 11 is 0. The van der Waals surface area contributed by atoms with Crippen molar-refractivity contribution in [3.63, 3.8) is 0 Å². The van der Waals surface area contributed by atoms with Crippen LogP contribution in [0.4, 0.5) is 0 Å². The number of hydrogen-bond donors (Lipinski definition) is 2. The van der Waals surface area contributed by atoms with E-state index in [-0.39, 0.29) is 44.2 Å². The Balaban J connectivity index is 1.59. The van der Waals surface area contributed by atoms with Gasteiger partial charge in [-0.05, 0) is 79.8 Å². The lowest BCUT2D eigenvalue weighted by atomic mass is 9.84. The van der Waals surface area contributed by atoms with Gasteiger partial charge in [0.05, 0.1) is 32.8 Å². The van der Waals surface area contributed by atoms with Crippen LogP contribution in [-0.2, 0) is 39.5 Å². The van der Waals surface area contributed by atoms with Crippen molar-refractivity contribution in [3.8, 4) is 23.0 Å². The number of rotatable bonds is 13. The zero-order valence-electron chi connectivity index (χ0n) is 26.2. The van der Waals surface area contributed by atoms with Gasteiger partial charge in [-0.1, -0.05) is 11.3 Å². The molecule has 1 aliphatic heterocycles. The number of fused-ring (bicyclic) bond motifs is 2. The van der Waals surface area contributed by atoms with Crippen molar-refractivity contribution in [2.24, 2.45) is 0 Å². The minimum absolute atomic E-state index is 0.00246. The number of benzene rings is 3. The number of aromatic hydroxyl groups is 1. The minimum Gasteiger partial charge on any atom is -0.508 e. The highest BCUT2D eigenvalue weighted by molar-refractivity contribution is 7.84. The van der Waals surface area contributed by atoms with Gasteiger partial charge < -0.3 is 28.6 Å². The van der Waals surface area contributed by atoms with E-state index in [2.05, 4.69) is 10.3 Å². The Labute approximate surface area is 267 Å². The van der Waals surface area contributed by atoms with Crippen molar-refractivity contribution in [1.82, 2.24) is 19.3 Å². The van der Waals surface area contributed by atoms with Crippen LogP contribution in [0.1, 0.15) is 59.9 Å². The van der Waals surface area contributed by atoms with Gasteiger partial charge in [0, 0.05) is 43.3 Å². The van der Waals surface area contributed by atoms with Gasteiger partial charge in [-0.3, -0.25) is 4.79 Å². The molecule has 0 amide bonds. The number of aliphatic hydroxyl groups excluding tert-OH is 1. The standard InChI is InChI=1S/C32H38N4O9S/c1-5-44-30(39)17-26(25-9-10-27-31(20(25)2)33-34-36(27)12-6-7-13-37)21-14-23(32(43-4)29(16-21)42-3)19-35-18-22-15-24(38)8-11-28(22)45-46(35,40)41/h8-11,14-16,26,37-38H,5-7,12-13,17-19H2,1-4H3. The van der Waals surface area contributed by atoms with Crippen LogP contribution >= 0.6 is 0 Å². The molecule has 13 nitrogen and oxygen atoms in total. The molecular weight excluding hydrogens is 616 g/mol. The maximum Gasteiger partial charge on any atom is 0.385 e. The van der Waals surface area contributed by atoms with Gasteiger partial charge in [0.25, 0.3) is 0 Å². The van der Waals surface area contributed by atoms with Crippen LogP contribution in [0.25, 0.3) is 11.0 Å². The number of aromatic nitrogens is 3. The normalized spacial score (nSPS) is 14.8. The zero-order chi connectivity index (χ0) is 33.0. The Bertz CT molecular complexity index is 1840. The van der Waals surface area contributed by atoms with E-state index < -0.39 is 22.2 Å². The van der Waals surface area contributed by atoms with E-state index in [1.165, 1.54) is 32.4 Å². The molecule has 0 saturated carbocycles. The number of carbonyl (C=O) groups excluding carboxylic acids is 1. The maximum atomic E-state index is 13.2. The number of methoxy groups -OCH3 is 2. The van der Waals surface area contributed by atoms with Crippen molar-refractivity contribution >= 4 is 27.3 Å². The largest absolute Gasteiger partial charge is 0.508 e. The van der Waals surface area contributed by atoms with E-state index >= 15 is 0 Å². The Morgan fingerprint density at radius 3 is 2.63 bits per heavy atom. The van der Waals surface area contributed by atoms with Gasteiger partial charge >= 0.3 is 16.3 Å². The molecule has 0 aliphatic carbocycles. The molecule has 0 bridgehead atoms. The highest BCUT2D eigenvalue weighted by Crippen LogP contribution is 2.42. The number of aliphatic hydroxyl groups is 1. The average molecular weight is 655 g/mol. The predicted octanol–water partition coefficient (Wildman–Crippen LogP) is 3.96. The summed E-state index contributed by atoms with van der Waals surface area (Å²) in [6.07, 6.45) is 1.40. The molecule has 2 N–H and O–H groups in total. The summed E-state index contributed by atoms with van der Waals surface area (Å²) in [6, 6.07) is 11.7. The molecule has 0 radical (unpaired) electrons. The number of carbonyl (C=O) groups is 1. The summed E-state index contributed by atoms with van der Waals surface area (Å²) in [5, 5.41) is 27.9. The fourth-order valence-corrected chi connectivity index (χ4v) is 6.90. The maximum absolute atomic E-state index is 13.2. The molecule has 2 heterocycles. The second kappa shape index (κ2) is 13.9. The molecular formula is C32H38N4O9S. The molecule has 4 aromatic rings. The van der Waals surface area contributed by atoms with Crippen molar-refractivity contribution < 1.29 is 41.8 Å². The highest BCUT2D eigenvalue weighted by atomic mass is 32.2. The summed E-state index contributed by atoms with van der Waals surface area (Å²) in [5.74, 6) is -0.102. The average Bonchev–Trinajstić information content (AvgIpc) is 3.44. The van der Waals surface area contributed by atoms with Gasteiger partial charge in [-0.2, -0.15) is 12.7 Å². The molecule has 1 atom stereocenters. The van der Waals surface area contributed by atoms with Gasteiger partial charge in [0.2, 0.25) is 0 Å². The molecule has 14 heteroatoms. The monoisotopic (exact) mass is 654 g/mol. The van der Waals surface area contributed by atoms with Crippen LogP contribution in [0.2, 0.25) is 0 Å². The number of unbranched alkanes of at least 4 members (excludes halogenated alkanes) is 1. The molecule has 5 rings (SSSR count). The van der Waals surface area contributed by atoms with Crippen molar-refractivity contribution in [3.05, 3.63) is 70.3 Å². The van der Waals surface area contributed by atoms with Crippen LogP contribution in [0, 0.1) is 6.92 Å². The van der Waals surface area contributed by atoms with Crippen molar-refractivity contribution in [2.75, 3.05) is 27.4 Å². The predicted molar refractivity (Wildman–Crippen MR) is 168 cm³/mol. The molecule has 1 aliphatic rings. The molecule has 3 aromatic carbocycles. The lowest BCUT2D eigenvalue weighted by Crippen LogP contribution is -2.37. The molecule has 246 valence electrons. The summed E-state index contributed by atoms with van der Waals surface area (Å²) in [7, 11) is -1.24. The fraction of sp³-hybridized carbons (Fsp3) is 0.406. The topological polar surface area (TPSA) is 163 Å². The van der Waals surface area contributed by atoms with E-state index in [4.69, 9.17) is 18.4 Å². The second-order valence-corrected chi connectivity index (χ2v) is 12.5. The van der Waals surface area contributed by atoms with Crippen LogP contribution in [0.5, 0.6) is 23.0 Å². The van der Waals surface area contributed by atoms with Crippen LogP contribution in [0.3, 0.4) is 0 Å². The first-order valence-corrected chi connectivity index (χ1v) is 16.3. The van der Waals surface area contributed by atoms with Crippen molar-refractivity contribution in [1.29, 1.82) is 0 Å². The molecule has 0 saturated heterocycles. The summed E-state index contributed by atoms with van der Waals surface area (Å²) in [4.78, 5) is 13.0. The number of esters is 1. The minimum atomic E-state index is -4.19. The number of phenols is 1. The third-order valence-corrected chi connectivity index (χ3v) is 9.32. The smallest absolute Gasteiger partial charge is 0.385 e. The molecule has 0 fully saturated rings. The summed E-state index contributed by atoms with van der Waals surface area (Å²) in [5.41, 5.74) is 4.84. The first kappa shape index (κ1) is 33.0. The fourth-order valence-electron chi connectivity index (χ4n) is 5.81. The second-order valence-electron chi connectivity index (χ2n) is 11.0. The highest BCUT2D eigenvalue weighted by Gasteiger charge is 2.34. The number of ether oxygens (including phenoxy) is 3. The Morgan fingerprint density at radius 1 is 1.11 bits per heavy atom. The third-order valence-electron chi connectivity index (χ3n) is 8.04. The van der Waals surface area contributed by atoms with Gasteiger partial charge in [0.15, 0.2) is 11.5 Å². The zero-order valence-corrected chi connectivity index (χ0v) is 27.0. The number of hydrogen-bond acceptors (Lipinski definition) is 11. The van der Waals surface area contributed by atoms with Crippen LogP contribution in [-0.4, -0.2) is 71.3 Å². The van der Waals surface area contributed by atoms with E-state index in [0.717, 1.165) is 27.4 Å². The van der Waals surface area contributed by atoms with Gasteiger partial charge in [-0.25, -0.2) is 4.68 Å². The first-order chi connectivity index (χ1) is 22.1. The summed E-state index contributed by atoms with van der Waals surface area (Å²) < 4.78 is 51.4. The van der Waals surface area contributed by atoms with Crippen LogP contribution in [0.15, 0.2) is 42.5 Å². The Hall–Kier alpha value is -4.40. The van der Waals surface area contributed by atoms with E-state index in [1.54, 1.807) is 23.7 Å². The summed E-state index contributed by atoms with van der Waals surface area (Å²) in [6.45, 7) is 4.41. The Morgan fingerprint density at radius 2 is 1.91 bits per heavy atom. The number of nitrogens with zero attached hydrogens (tertiary/aromatic N) is 4.